The Bertz CT molecular complexity index is 666. The third-order valence-electron chi connectivity index (χ3n) is 3.46. The van der Waals surface area contributed by atoms with Crippen molar-refractivity contribution in [3.63, 3.8) is 0 Å². The van der Waals surface area contributed by atoms with Crippen molar-refractivity contribution >= 4 is 21.9 Å². The maximum Gasteiger partial charge on any atom is 0.317 e. The van der Waals surface area contributed by atoms with Gasteiger partial charge in [0.25, 0.3) is 0 Å². The number of anilines is 1. The smallest absolute Gasteiger partial charge is 0.317 e. The Morgan fingerprint density at radius 2 is 2.05 bits per heavy atom. The third-order valence-corrected chi connectivity index (χ3v) is 5.27. The van der Waals surface area contributed by atoms with Crippen molar-refractivity contribution in [3.8, 4) is 0 Å². The van der Waals surface area contributed by atoms with Gasteiger partial charge >= 0.3 is 5.97 Å². The molecule has 1 aromatic heterocycles. The van der Waals surface area contributed by atoms with Crippen LogP contribution in [0.2, 0.25) is 0 Å². The highest BCUT2D eigenvalue weighted by atomic mass is 32.2. The summed E-state index contributed by atoms with van der Waals surface area (Å²) in [5.41, 5.74) is 0.152. The second kappa shape index (κ2) is 5.25. The standard InChI is InChI=1S/C13H19N3O4S/c1-8-7-14-12(16-21(18,19)9-5-6-9)15-10(8)13(2,3)11(17)20-4/h7,9H,5-6H2,1-4H3,(H,14,15,16). The van der Waals surface area contributed by atoms with E-state index in [9.17, 15) is 13.2 Å². The van der Waals surface area contributed by atoms with E-state index < -0.39 is 21.4 Å². The molecule has 1 saturated carbocycles. The third kappa shape index (κ3) is 3.15. The van der Waals surface area contributed by atoms with E-state index in [1.165, 1.54) is 13.3 Å². The topological polar surface area (TPSA) is 98.2 Å². The quantitative estimate of drug-likeness (QED) is 0.819. The van der Waals surface area contributed by atoms with Crippen LogP contribution in [0, 0.1) is 6.92 Å². The van der Waals surface area contributed by atoms with E-state index in [2.05, 4.69) is 14.7 Å². The van der Waals surface area contributed by atoms with Crippen molar-refractivity contribution < 1.29 is 17.9 Å². The van der Waals surface area contributed by atoms with E-state index in [0.717, 1.165) is 0 Å². The molecular weight excluding hydrogens is 294 g/mol. The van der Waals surface area contributed by atoms with Gasteiger partial charge in [-0.25, -0.2) is 18.4 Å². The molecule has 0 unspecified atom stereocenters. The van der Waals surface area contributed by atoms with Gasteiger partial charge in [0.2, 0.25) is 16.0 Å². The van der Waals surface area contributed by atoms with Crippen molar-refractivity contribution in [2.75, 3.05) is 11.8 Å². The molecule has 0 amide bonds. The summed E-state index contributed by atoms with van der Waals surface area (Å²) < 4.78 is 31.0. The number of hydrogen-bond donors (Lipinski definition) is 1. The second-order valence-corrected chi connectivity index (χ2v) is 7.65. The number of carbonyl (C=O) groups is 1. The minimum atomic E-state index is -3.43. The molecule has 1 aliphatic carbocycles. The fourth-order valence-corrected chi connectivity index (χ4v) is 3.34. The number of methoxy groups -OCH3 is 1. The van der Waals surface area contributed by atoms with Gasteiger partial charge in [-0.1, -0.05) is 0 Å². The Kier molecular flexibility index (Phi) is 3.92. The summed E-state index contributed by atoms with van der Waals surface area (Å²) in [5.74, 6) is -0.459. The minimum Gasteiger partial charge on any atom is -0.468 e. The Hall–Kier alpha value is -1.70. The summed E-state index contributed by atoms with van der Waals surface area (Å²) >= 11 is 0. The number of rotatable bonds is 5. The monoisotopic (exact) mass is 313 g/mol. The van der Waals surface area contributed by atoms with Crippen LogP contribution in [0.4, 0.5) is 5.95 Å². The molecule has 0 aromatic carbocycles. The first kappa shape index (κ1) is 15.7. The van der Waals surface area contributed by atoms with Gasteiger partial charge in [0.05, 0.1) is 18.1 Å². The number of esters is 1. The van der Waals surface area contributed by atoms with Crippen molar-refractivity contribution in [2.45, 2.75) is 44.3 Å². The molecule has 21 heavy (non-hydrogen) atoms. The molecule has 0 spiro atoms. The van der Waals surface area contributed by atoms with Crippen LogP contribution in [-0.4, -0.2) is 36.7 Å². The lowest BCUT2D eigenvalue weighted by Crippen LogP contribution is -2.33. The number of sulfonamides is 1. The lowest BCUT2D eigenvalue weighted by atomic mass is 9.87. The molecule has 0 radical (unpaired) electrons. The number of aryl methyl sites for hydroxylation is 1. The van der Waals surface area contributed by atoms with Crippen molar-refractivity contribution in [2.24, 2.45) is 0 Å². The van der Waals surface area contributed by atoms with Crippen molar-refractivity contribution in [1.29, 1.82) is 0 Å². The zero-order valence-electron chi connectivity index (χ0n) is 12.5. The maximum absolute atomic E-state index is 11.9. The number of nitrogens with zero attached hydrogens (tertiary/aromatic N) is 2. The van der Waals surface area contributed by atoms with Gasteiger partial charge < -0.3 is 4.74 Å². The van der Waals surface area contributed by atoms with Gasteiger partial charge in [-0.05, 0) is 39.2 Å². The molecule has 0 atom stereocenters. The highest BCUT2D eigenvalue weighted by Crippen LogP contribution is 2.30. The maximum atomic E-state index is 11.9. The molecule has 7 nitrogen and oxygen atoms in total. The number of aromatic nitrogens is 2. The minimum absolute atomic E-state index is 0.0144. The van der Waals surface area contributed by atoms with Gasteiger partial charge in [0.1, 0.15) is 5.41 Å². The number of nitrogens with one attached hydrogen (secondary N) is 1. The summed E-state index contributed by atoms with van der Waals surface area (Å²) in [4.78, 5) is 20.1. The molecular formula is C13H19N3O4S. The normalized spacial score (nSPS) is 15.6. The molecule has 116 valence electrons. The van der Waals surface area contributed by atoms with E-state index in [0.29, 0.717) is 24.1 Å². The SMILES string of the molecule is COC(=O)C(C)(C)c1nc(NS(=O)(=O)C2CC2)ncc1C. The highest BCUT2D eigenvalue weighted by molar-refractivity contribution is 7.93. The van der Waals surface area contributed by atoms with E-state index in [1.807, 2.05) is 0 Å². The Balaban J connectivity index is 2.35. The zero-order chi connectivity index (χ0) is 15.8. The molecule has 8 heteroatoms. The molecule has 1 aromatic rings. The molecule has 1 heterocycles. The van der Waals surface area contributed by atoms with Gasteiger partial charge in [0.15, 0.2) is 0 Å². The molecule has 1 N–H and O–H groups in total. The Morgan fingerprint density at radius 1 is 1.43 bits per heavy atom. The summed E-state index contributed by atoms with van der Waals surface area (Å²) in [6.07, 6.45) is 2.81. The van der Waals surface area contributed by atoms with Gasteiger partial charge in [-0.2, -0.15) is 0 Å². The highest BCUT2D eigenvalue weighted by Gasteiger charge is 2.37. The van der Waals surface area contributed by atoms with Crippen LogP contribution in [0.3, 0.4) is 0 Å². The average molecular weight is 313 g/mol. The molecule has 0 bridgehead atoms. The molecule has 1 fully saturated rings. The first-order valence-electron chi connectivity index (χ1n) is 6.62. The number of hydrogen-bond acceptors (Lipinski definition) is 6. The summed E-state index contributed by atoms with van der Waals surface area (Å²) in [6, 6.07) is 0. The molecule has 0 aliphatic heterocycles. The van der Waals surface area contributed by atoms with Crippen LogP contribution >= 0.6 is 0 Å². The Labute approximate surface area is 124 Å². The van der Waals surface area contributed by atoms with Crippen molar-refractivity contribution in [3.05, 3.63) is 17.5 Å². The predicted octanol–water partition coefficient (Wildman–Crippen LogP) is 1.14. The number of carbonyl (C=O) groups excluding carboxylic acids is 1. The van der Waals surface area contributed by atoms with Crippen LogP contribution in [0.25, 0.3) is 0 Å². The van der Waals surface area contributed by atoms with E-state index in [4.69, 9.17) is 4.74 Å². The molecule has 0 saturated heterocycles. The van der Waals surface area contributed by atoms with E-state index in [-0.39, 0.29) is 11.2 Å². The van der Waals surface area contributed by atoms with Crippen LogP contribution in [-0.2, 0) is 25.0 Å². The number of ether oxygens (including phenoxy) is 1. The average Bonchev–Trinajstić information content (AvgIpc) is 3.24. The van der Waals surface area contributed by atoms with Crippen LogP contribution in [0.15, 0.2) is 6.20 Å². The Morgan fingerprint density at radius 3 is 2.57 bits per heavy atom. The first-order chi connectivity index (χ1) is 9.68. The van der Waals surface area contributed by atoms with Crippen LogP contribution in [0.1, 0.15) is 37.9 Å². The second-order valence-electron chi connectivity index (χ2n) is 5.69. The lowest BCUT2D eigenvalue weighted by molar-refractivity contribution is -0.146. The summed E-state index contributed by atoms with van der Waals surface area (Å²) in [5, 5.41) is -0.362. The zero-order valence-corrected chi connectivity index (χ0v) is 13.3. The molecule has 1 aliphatic rings. The lowest BCUT2D eigenvalue weighted by Gasteiger charge is -2.23. The fraction of sp³-hybridized carbons (Fsp3) is 0.615. The largest absolute Gasteiger partial charge is 0.468 e. The summed E-state index contributed by atoms with van der Waals surface area (Å²) in [6.45, 7) is 5.11. The van der Waals surface area contributed by atoms with E-state index in [1.54, 1.807) is 20.8 Å². The van der Waals surface area contributed by atoms with Gasteiger partial charge in [-0.15, -0.1) is 0 Å². The first-order valence-corrected chi connectivity index (χ1v) is 8.17. The molecule has 2 rings (SSSR count). The van der Waals surface area contributed by atoms with Crippen LogP contribution < -0.4 is 4.72 Å². The van der Waals surface area contributed by atoms with Crippen LogP contribution in [0.5, 0.6) is 0 Å². The van der Waals surface area contributed by atoms with E-state index >= 15 is 0 Å². The fourth-order valence-electron chi connectivity index (χ4n) is 2.06. The van der Waals surface area contributed by atoms with Gasteiger partial charge in [-0.3, -0.25) is 9.52 Å². The predicted molar refractivity (Wildman–Crippen MR) is 77.4 cm³/mol. The van der Waals surface area contributed by atoms with Gasteiger partial charge in [0, 0.05) is 6.20 Å². The van der Waals surface area contributed by atoms with Crippen molar-refractivity contribution in [1.82, 2.24) is 9.97 Å². The summed E-state index contributed by atoms with van der Waals surface area (Å²) in [7, 11) is -2.13.